The summed E-state index contributed by atoms with van der Waals surface area (Å²) in [6.07, 6.45) is 14.5. The number of hydrogen-bond donors (Lipinski definition) is 1. The molecule has 2 atom stereocenters. The second-order valence-electron chi connectivity index (χ2n) is 5.80. The molecule has 0 heterocycles. The molecule has 0 amide bonds. The van der Waals surface area contributed by atoms with Crippen molar-refractivity contribution in [2.75, 3.05) is 0 Å². The predicted molar refractivity (Wildman–Crippen MR) is 77.3 cm³/mol. The van der Waals surface area contributed by atoms with Gasteiger partial charge in [0.15, 0.2) is 0 Å². The van der Waals surface area contributed by atoms with Crippen LogP contribution in [-0.2, 0) is 0 Å². The molecule has 0 radical (unpaired) electrons. The SMILES string of the molecule is CCCCCCC(C)CCCCCCC(C)O. The molecule has 0 bridgehead atoms. The van der Waals surface area contributed by atoms with E-state index in [0.717, 1.165) is 12.3 Å². The summed E-state index contributed by atoms with van der Waals surface area (Å²) in [6, 6.07) is 0. The van der Waals surface area contributed by atoms with Gasteiger partial charge < -0.3 is 5.11 Å². The Labute approximate surface area is 109 Å². The van der Waals surface area contributed by atoms with E-state index < -0.39 is 0 Å². The third-order valence-corrected chi connectivity index (χ3v) is 3.62. The van der Waals surface area contributed by atoms with Crippen molar-refractivity contribution < 1.29 is 5.11 Å². The quantitative estimate of drug-likeness (QED) is 0.460. The first-order chi connectivity index (χ1) is 8.16. The van der Waals surface area contributed by atoms with Gasteiger partial charge in [-0.1, -0.05) is 78.1 Å². The fourth-order valence-electron chi connectivity index (χ4n) is 2.35. The molecule has 0 aliphatic carbocycles. The van der Waals surface area contributed by atoms with Crippen molar-refractivity contribution in [2.24, 2.45) is 5.92 Å². The first kappa shape index (κ1) is 17.0. The molecule has 0 saturated heterocycles. The zero-order valence-electron chi connectivity index (χ0n) is 12.4. The summed E-state index contributed by atoms with van der Waals surface area (Å²) in [4.78, 5) is 0. The van der Waals surface area contributed by atoms with Crippen LogP contribution in [-0.4, -0.2) is 11.2 Å². The lowest BCUT2D eigenvalue weighted by Crippen LogP contribution is -1.98. The van der Waals surface area contributed by atoms with Crippen LogP contribution in [0.15, 0.2) is 0 Å². The van der Waals surface area contributed by atoms with Crippen LogP contribution in [0.25, 0.3) is 0 Å². The Hall–Kier alpha value is -0.0400. The minimum absolute atomic E-state index is 0.104. The molecular formula is C16H34O. The smallest absolute Gasteiger partial charge is 0.0512 e. The Bertz CT molecular complexity index is 142. The number of aliphatic hydroxyl groups is 1. The average molecular weight is 242 g/mol. The highest BCUT2D eigenvalue weighted by Crippen LogP contribution is 2.17. The molecule has 0 aromatic carbocycles. The number of hydrogen-bond acceptors (Lipinski definition) is 1. The molecule has 1 heteroatoms. The molecule has 0 spiro atoms. The van der Waals surface area contributed by atoms with Crippen LogP contribution < -0.4 is 0 Å². The standard InChI is InChI=1S/C16H34O/c1-4-5-6-9-12-15(2)13-10-7-8-11-14-16(3)17/h15-17H,4-14H2,1-3H3. The zero-order valence-corrected chi connectivity index (χ0v) is 12.4. The summed E-state index contributed by atoms with van der Waals surface area (Å²) in [5, 5.41) is 9.14. The maximum absolute atomic E-state index is 9.14. The monoisotopic (exact) mass is 242 g/mol. The molecule has 0 saturated carbocycles. The summed E-state index contributed by atoms with van der Waals surface area (Å²) in [5.74, 6) is 0.920. The third kappa shape index (κ3) is 13.9. The van der Waals surface area contributed by atoms with Gasteiger partial charge in [-0.3, -0.25) is 0 Å². The Balaban J connectivity index is 3.13. The van der Waals surface area contributed by atoms with Gasteiger partial charge in [0.2, 0.25) is 0 Å². The topological polar surface area (TPSA) is 20.2 Å². The lowest BCUT2D eigenvalue weighted by Gasteiger charge is -2.11. The fourth-order valence-corrected chi connectivity index (χ4v) is 2.35. The van der Waals surface area contributed by atoms with Gasteiger partial charge in [0.05, 0.1) is 6.10 Å². The maximum atomic E-state index is 9.14. The number of unbranched alkanes of at least 4 members (excludes halogenated alkanes) is 6. The molecule has 2 unspecified atom stereocenters. The molecule has 0 aliphatic heterocycles. The highest BCUT2D eigenvalue weighted by molar-refractivity contribution is 4.56. The van der Waals surface area contributed by atoms with Gasteiger partial charge in [-0.15, -0.1) is 0 Å². The van der Waals surface area contributed by atoms with Crippen molar-refractivity contribution >= 4 is 0 Å². The molecule has 17 heavy (non-hydrogen) atoms. The van der Waals surface area contributed by atoms with Crippen molar-refractivity contribution in [2.45, 2.75) is 97.5 Å². The van der Waals surface area contributed by atoms with Gasteiger partial charge in [0.25, 0.3) is 0 Å². The summed E-state index contributed by atoms with van der Waals surface area (Å²) < 4.78 is 0. The van der Waals surface area contributed by atoms with Crippen molar-refractivity contribution in [1.29, 1.82) is 0 Å². The lowest BCUT2D eigenvalue weighted by atomic mass is 9.96. The molecule has 0 aromatic heterocycles. The molecule has 0 aromatic rings. The van der Waals surface area contributed by atoms with Crippen molar-refractivity contribution in [3.8, 4) is 0 Å². The Morgan fingerprint density at radius 1 is 0.706 bits per heavy atom. The van der Waals surface area contributed by atoms with Crippen LogP contribution in [0.4, 0.5) is 0 Å². The van der Waals surface area contributed by atoms with E-state index in [2.05, 4.69) is 13.8 Å². The van der Waals surface area contributed by atoms with Crippen LogP contribution in [0, 0.1) is 5.92 Å². The molecule has 1 nitrogen and oxygen atoms in total. The largest absolute Gasteiger partial charge is 0.393 e. The average Bonchev–Trinajstić information content (AvgIpc) is 2.29. The Kier molecular flexibility index (Phi) is 12.4. The van der Waals surface area contributed by atoms with E-state index in [-0.39, 0.29) is 6.10 Å². The van der Waals surface area contributed by atoms with E-state index in [1.165, 1.54) is 64.2 Å². The Morgan fingerprint density at radius 2 is 1.18 bits per heavy atom. The normalized spacial score (nSPS) is 14.8. The highest BCUT2D eigenvalue weighted by atomic mass is 16.3. The van der Waals surface area contributed by atoms with Gasteiger partial charge in [-0.25, -0.2) is 0 Å². The van der Waals surface area contributed by atoms with Gasteiger partial charge in [0.1, 0.15) is 0 Å². The van der Waals surface area contributed by atoms with E-state index in [1.54, 1.807) is 0 Å². The summed E-state index contributed by atoms with van der Waals surface area (Å²) >= 11 is 0. The molecule has 0 aliphatic rings. The first-order valence-corrected chi connectivity index (χ1v) is 7.84. The second-order valence-corrected chi connectivity index (χ2v) is 5.80. The van der Waals surface area contributed by atoms with Gasteiger partial charge in [-0.2, -0.15) is 0 Å². The third-order valence-electron chi connectivity index (χ3n) is 3.62. The van der Waals surface area contributed by atoms with Crippen LogP contribution in [0.5, 0.6) is 0 Å². The van der Waals surface area contributed by atoms with Crippen LogP contribution in [0.1, 0.15) is 91.4 Å². The van der Waals surface area contributed by atoms with Crippen LogP contribution >= 0.6 is 0 Å². The molecule has 0 fully saturated rings. The summed E-state index contributed by atoms with van der Waals surface area (Å²) in [6.45, 7) is 6.57. The summed E-state index contributed by atoms with van der Waals surface area (Å²) in [5.41, 5.74) is 0. The van der Waals surface area contributed by atoms with Crippen molar-refractivity contribution in [3.63, 3.8) is 0 Å². The van der Waals surface area contributed by atoms with Crippen molar-refractivity contribution in [3.05, 3.63) is 0 Å². The molecular weight excluding hydrogens is 208 g/mol. The minimum Gasteiger partial charge on any atom is -0.393 e. The number of aliphatic hydroxyl groups excluding tert-OH is 1. The van der Waals surface area contributed by atoms with E-state index in [4.69, 9.17) is 5.11 Å². The Morgan fingerprint density at radius 3 is 1.65 bits per heavy atom. The predicted octanol–water partition coefficient (Wildman–Crippen LogP) is 5.31. The highest BCUT2D eigenvalue weighted by Gasteiger charge is 2.02. The van der Waals surface area contributed by atoms with Gasteiger partial charge >= 0.3 is 0 Å². The minimum atomic E-state index is -0.104. The van der Waals surface area contributed by atoms with E-state index >= 15 is 0 Å². The fraction of sp³-hybridized carbons (Fsp3) is 1.00. The van der Waals surface area contributed by atoms with E-state index in [9.17, 15) is 0 Å². The van der Waals surface area contributed by atoms with Gasteiger partial charge in [0, 0.05) is 0 Å². The summed E-state index contributed by atoms with van der Waals surface area (Å²) in [7, 11) is 0. The van der Waals surface area contributed by atoms with Crippen molar-refractivity contribution in [1.82, 2.24) is 0 Å². The maximum Gasteiger partial charge on any atom is 0.0512 e. The zero-order chi connectivity index (χ0) is 12.9. The first-order valence-electron chi connectivity index (χ1n) is 7.84. The second kappa shape index (κ2) is 12.4. The molecule has 104 valence electrons. The molecule has 1 N–H and O–H groups in total. The van der Waals surface area contributed by atoms with Gasteiger partial charge in [-0.05, 0) is 19.3 Å². The van der Waals surface area contributed by atoms with E-state index in [0.29, 0.717) is 0 Å². The molecule has 0 rings (SSSR count). The number of rotatable bonds is 12. The lowest BCUT2D eigenvalue weighted by molar-refractivity contribution is 0.180. The van der Waals surface area contributed by atoms with E-state index in [1.807, 2.05) is 6.92 Å². The van der Waals surface area contributed by atoms with Crippen LogP contribution in [0.2, 0.25) is 0 Å². The van der Waals surface area contributed by atoms with Crippen LogP contribution in [0.3, 0.4) is 0 Å².